The van der Waals surface area contributed by atoms with E-state index in [2.05, 4.69) is 40.5 Å². The van der Waals surface area contributed by atoms with Gasteiger partial charge in [-0.15, -0.1) is 0 Å². The number of piperidine rings is 1. The fourth-order valence-electron chi connectivity index (χ4n) is 2.92. The van der Waals surface area contributed by atoms with Gasteiger partial charge in [0, 0.05) is 25.3 Å². The van der Waals surface area contributed by atoms with E-state index < -0.39 is 0 Å². The van der Waals surface area contributed by atoms with E-state index in [1.807, 2.05) is 18.2 Å². The molecule has 3 nitrogen and oxygen atoms in total. The van der Waals surface area contributed by atoms with Gasteiger partial charge in [0.25, 0.3) is 0 Å². The zero-order chi connectivity index (χ0) is 14.5. The van der Waals surface area contributed by atoms with E-state index >= 15 is 0 Å². The van der Waals surface area contributed by atoms with Crippen molar-refractivity contribution in [3.8, 4) is 0 Å². The molecule has 0 aliphatic carbocycles. The van der Waals surface area contributed by atoms with Crippen molar-refractivity contribution in [2.24, 2.45) is 0 Å². The number of hydrogen-bond acceptors (Lipinski definition) is 3. The number of rotatable bonds is 4. The molecule has 1 aliphatic rings. The maximum atomic E-state index is 6.02. The summed E-state index contributed by atoms with van der Waals surface area (Å²) in [5.41, 5.74) is 10.5. The smallest absolute Gasteiger partial charge is 0.0602 e. The highest BCUT2D eigenvalue weighted by molar-refractivity contribution is 5.70. The number of nitrogen functional groups attached to an aromatic ring is 1. The minimum Gasteiger partial charge on any atom is -0.398 e. The quantitative estimate of drug-likeness (QED) is 0.836. The highest BCUT2D eigenvalue weighted by atomic mass is 15.1. The molecule has 2 aromatic rings. The molecule has 1 heterocycles. The van der Waals surface area contributed by atoms with Crippen LogP contribution in [0.15, 0.2) is 48.5 Å². The summed E-state index contributed by atoms with van der Waals surface area (Å²) in [4.78, 5) is 2.49. The standard InChI is InChI=1S/C18H23N3/c19-16-9-3-2-8-15(16)14-20-17-10-4-5-11-18(17)21-12-6-1-7-13-21/h2-5,8-11,20H,1,6-7,12-14,19H2. The van der Waals surface area contributed by atoms with Gasteiger partial charge in [0.15, 0.2) is 0 Å². The molecule has 3 heteroatoms. The van der Waals surface area contributed by atoms with Crippen molar-refractivity contribution < 1.29 is 0 Å². The molecule has 1 aliphatic heterocycles. The van der Waals surface area contributed by atoms with Crippen LogP contribution in [-0.4, -0.2) is 13.1 Å². The second-order valence-electron chi connectivity index (χ2n) is 5.62. The van der Waals surface area contributed by atoms with Crippen LogP contribution < -0.4 is 16.0 Å². The molecule has 2 aromatic carbocycles. The molecule has 0 amide bonds. The number of hydrogen-bond donors (Lipinski definition) is 2. The summed E-state index contributed by atoms with van der Waals surface area (Å²) in [5.74, 6) is 0. The first-order valence-electron chi connectivity index (χ1n) is 7.76. The topological polar surface area (TPSA) is 41.3 Å². The second-order valence-corrected chi connectivity index (χ2v) is 5.62. The Morgan fingerprint density at radius 2 is 1.62 bits per heavy atom. The van der Waals surface area contributed by atoms with Gasteiger partial charge < -0.3 is 16.0 Å². The first kappa shape index (κ1) is 13.8. The summed E-state index contributed by atoms with van der Waals surface area (Å²) in [6, 6.07) is 16.6. The lowest BCUT2D eigenvalue weighted by molar-refractivity contribution is 0.578. The van der Waals surface area contributed by atoms with Crippen LogP contribution in [0.5, 0.6) is 0 Å². The summed E-state index contributed by atoms with van der Waals surface area (Å²) >= 11 is 0. The fraction of sp³-hybridized carbons (Fsp3) is 0.333. The first-order chi connectivity index (χ1) is 10.3. The van der Waals surface area contributed by atoms with Crippen LogP contribution in [0, 0.1) is 0 Å². The van der Waals surface area contributed by atoms with Gasteiger partial charge in [-0.25, -0.2) is 0 Å². The SMILES string of the molecule is Nc1ccccc1CNc1ccccc1N1CCCCC1. The van der Waals surface area contributed by atoms with Gasteiger partial charge in [-0.1, -0.05) is 30.3 Å². The Morgan fingerprint density at radius 3 is 2.43 bits per heavy atom. The maximum Gasteiger partial charge on any atom is 0.0602 e. The van der Waals surface area contributed by atoms with Gasteiger partial charge in [-0.3, -0.25) is 0 Å². The molecule has 3 N–H and O–H groups in total. The molecule has 1 fully saturated rings. The molecule has 110 valence electrons. The van der Waals surface area contributed by atoms with Gasteiger partial charge in [0.1, 0.15) is 0 Å². The number of benzene rings is 2. The average molecular weight is 281 g/mol. The predicted molar refractivity (Wildman–Crippen MR) is 90.7 cm³/mol. The number of nitrogens with zero attached hydrogens (tertiary/aromatic N) is 1. The van der Waals surface area contributed by atoms with Crippen molar-refractivity contribution in [3.05, 3.63) is 54.1 Å². The van der Waals surface area contributed by atoms with Crippen LogP contribution in [0.4, 0.5) is 17.1 Å². The summed E-state index contributed by atoms with van der Waals surface area (Å²) in [5, 5.41) is 3.55. The largest absolute Gasteiger partial charge is 0.398 e. The highest BCUT2D eigenvalue weighted by Crippen LogP contribution is 2.28. The van der Waals surface area contributed by atoms with E-state index in [0.717, 1.165) is 30.9 Å². The lowest BCUT2D eigenvalue weighted by Gasteiger charge is -2.30. The monoisotopic (exact) mass is 281 g/mol. The van der Waals surface area contributed by atoms with E-state index in [0.29, 0.717) is 0 Å². The van der Waals surface area contributed by atoms with E-state index in [9.17, 15) is 0 Å². The normalized spacial score (nSPS) is 15.0. The fourth-order valence-corrected chi connectivity index (χ4v) is 2.92. The van der Waals surface area contributed by atoms with Gasteiger partial charge in [-0.05, 0) is 43.0 Å². The van der Waals surface area contributed by atoms with Crippen LogP contribution in [0.2, 0.25) is 0 Å². The average Bonchev–Trinajstić information content (AvgIpc) is 2.55. The Balaban J connectivity index is 1.74. The molecule has 0 spiro atoms. The Labute approximate surface area is 126 Å². The number of anilines is 3. The third kappa shape index (κ3) is 3.30. The van der Waals surface area contributed by atoms with E-state index in [-0.39, 0.29) is 0 Å². The molecular formula is C18H23N3. The maximum absolute atomic E-state index is 6.02. The zero-order valence-electron chi connectivity index (χ0n) is 12.4. The molecule has 21 heavy (non-hydrogen) atoms. The van der Waals surface area contributed by atoms with Crippen molar-refractivity contribution in [1.29, 1.82) is 0 Å². The summed E-state index contributed by atoms with van der Waals surface area (Å²) < 4.78 is 0. The molecule has 0 aromatic heterocycles. The lowest BCUT2D eigenvalue weighted by atomic mass is 10.1. The van der Waals surface area contributed by atoms with E-state index in [4.69, 9.17) is 5.73 Å². The van der Waals surface area contributed by atoms with Crippen LogP contribution in [-0.2, 0) is 6.54 Å². The zero-order valence-corrected chi connectivity index (χ0v) is 12.4. The molecule has 0 radical (unpaired) electrons. The van der Waals surface area contributed by atoms with E-state index in [1.54, 1.807) is 0 Å². The third-order valence-electron chi connectivity index (χ3n) is 4.13. The third-order valence-corrected chi connectivity index (χ3v) is 4.13. The van der Waals surface area contributed by atoms with Gasteiger partial charge >= 0.3 is 0 Å². The van der Waals surface area contributed by atoms with Crippen molar-refractivity contribution >= 4 is 17.1 Å². The Bertz CT molecular complexity index is 589. The molecule has 3 rings (SSSR count). The summed E-state index contributed by atoms with van der Waals surface area (Å²) in [6.45, 7) is 3.08. The molecule has 0 atom stereocenters. The van der Waals surface area contributed by atoms with Gasteiger partial charge in [-0.2, -0.15) is 0 Å². The van der Waals surface area contributed by atoms with Crippen LogP contribution in [0.25, 0.3) is 0 Å². The van der Waals surface area contributed by atoms with Gasteiger partial charge in [0.2, 0.25) is 0 Å². The van der Waals surface area contributed by atoms with Crippen molar-refractivity contribution in [2.45, 2.75) is 25.8 Å². The lowest BCUT2D eigenvalue weighted by Crippen LogP contribution is -2.30. The van der Waals surface area contributed by atoms with Gasteiger partial charge in [0.05, 0.1) is 11.4 Å². The predicted octanol–water partition coefficient (Wildman–Crippen LogP) is 3.87. The van der Waals surface area contributed by atoms with Crippen molar-refractivity contribution in [3.63, 3.8) is 0 Å². The van der Waals surface area contributed by atoms with Crippen molar-refractivity contribution in [1.82, 2.24) is 0 Å². The second kappa shape index (κ2) is 6.53. The minimum atomic E-state index is 0.761. The Kier molecular flexibility index (Phi) is 4.29. The Hall–Kier alpha value is -2.16. The molecule has 1 saturated heterocycles. The first-order valence-corrected chi connectivity index (χ1v) is 7.76. The van der Waals surface area contributed by atoms with Crippen LogP contribution in [0.1, 0.15) is 24.8 Å². The Morgan fingerprint density at radius 1 is 0.905 bits per heavy atom. The number of nitrogens with one attached hydrogen (secondary N) is 1. The molecular weight excluding hydrogens is 258 g/mol. The van der Waals surface area contributed by atoms with Crippen molar-refractivity contribution in [2.75, 3.05) is 29.0 Å². The number of nitrogens with two attached hydrogens (primary N) is 1. The summed E-state index contributed by atoms with van der Waals surface area (Å²) in [6.07, 6.45) is 3.94. The molecule has 0 saturated carbocycles. The summed E-state index contributed by atoms with van der Waals surface area (Å²) in [7, 11) is 0. The van der Waals surface area contributed by atoms with E-state index in [1.165, 1.54) is 30.6 Å². The highest BCUT2D eigenvalue weighted by Gasteiger charge is 2.13. The molecule has 0 unspecified atom stereocenters. The number of para-hydroxylation sites is 3. The van der Waals surface area contributed by atoms with Crippen LogP contribution in [0.3, 0.4) is 0 Å². The molecule has 0 bridgehead atoms. The van der Waals surface area contributed by atoms with Crippen LogP contribution >= 0.6 is 0 Å². The minimum absolute atomic E-state index is 0.761.